The first-order chi connectivity index (χ1) is 12.1. The molecule has 3 rings (SSSR count). The van der Waals surface area contributed by atoms with Gasteiger partial charge < -0.3 is 4.74 Å². The number of ether oxygens (including phenoxy) is 1. The number of nitrogens with zero attached hydrogens (tertiary/aromatic N) is 1. The Morgan fingerprint density at radius 2 is 2.04 bits per heavy atom. The summed E-state index contributed by atoms with van der Waals surface area (Å²) >= 11 is 1.34. The molecule has 6 heteroatoms. The van der Waals surface area contributed by atoms with E-state index >= 15 is 0 Å². The lowest BCUT2D eigenvalue weighted by molar-refractivity contribution is -0.111. The molecule has 1 aromatic heterocycles. The number of hydrogen-bond donors (Lipinski definition) is 1. The fourth-order valence-electron chi connectivity index (χ4n) is 2.15. The summed E-state index contributed by atoms with van der Waals surface area (Å²) in [4.78, 5) is 16.4. The van der Waals surface area contributed by atoms with Crippen molar-refractivity contribution in [2.45, 2.75) is 0 Å². The molecule has 2 aromatic carbocycles. The molecule has 0 aliphatic rings. The van der Waals surface area contributed by atoms with Gasteiger partial charge in [-0.1, -0.05) is 12.1 Å². The summed E-state index contributed by atoms with van der Waals surface area (Å²) in [6, 6.07) is 13.5. The fraction of sp³-hybridized carbons (Fsp3) is 0.0526. The number of aromatic nitrogens is 1. The molecule has 0 saturated carbocycles. The molecule has 0 aliphatic heterocycles. The number of rotatable bonds is 5. The second kappa shape index (κ2) is 7.72. The third kappa shape index (κ3) is 4.51. The van der Waals surface area contributed by atoms with Gasteiger partial charge in [-0.3, -0.25) is 10.1 Å². The van der Waals surface area contributed by atoms with E-state index in [2.05, 4.69) is 10.3 Å². The Bertz CT molecular complexity index is 904. The van der Waals surface area contributed by atoms with Crippen molar-refractivity contribution in [3.63, 3.8) is 0 Å². The minimum Gasteiger partial charge on any atom is -0.497 e. The minimum atomic E-state index is -0.341. The number of carbonyl (C=O) groups excluding carboxylic acids is 1. The van der Waals surface area contributed by atoms with Gasteiger partial charge in [0.2, 0.25) is 5.91 Å². The first kappa shape index (κ1) is 16.9. The number of thiazole rings is 1. The smallest absolute Gasteiger partial charge is 0.250 e. The Morgan fingerprint density at radius 1 is 1.24 bits per heavy atom. The summed E-state index contributed by atoms with van der Waals surface area (Å²) < 4.78 is 18.2. The third-order valence-corrected chi connectivity index (χ3v) is 4.15. The fourth-order valence-corrected chi connectivity index (χ4v) is 2.88. The maximum Gasteiger partial charge on any atom is 0.250 e. The Balaban J connectivity index is 1.65. The molecule has 0 aliphatic carbocycles. The number of nitrogens with one attached hydrogen (secondary N) is 1. The van der Waals surface area contributed by atoms with E-state index in [0.717, 1.165) is 17.0 Å². The predicted molar refractivity (Wildman–Crippen MR) is 98.2 cm³/mol. The lowest BCUT2D eigenvalue weighted by Crippen LogP contribution is -2.07. The first-order valence-corrected chi connectivity index (χ1v) is 8.36. The van der Waals surface area contributed by atoms with Crippen LogP contribution in [0.5, 0.6) is 5.75 Å². The molecule has 0 unspecified atom stereocenters. The maximum atomic E-state index is 13.1. The summed E-state index contributed by atoms with van der Waals surface area (Å²) in [5.74, 6) is 0.112. The summed E-state index contributed by atoms with van der Waals surface area (Å²) in [5, 5.41) is 5.07. The molecule has 25 heavy (non-hydrogen) atoms. The topological polar surface area (TPSA) is 51.2 Å². The minimum absolute atomic E-state index is 0.320. The van der Waals surface area contributed by atoms with E-state index in [1.165, 1.54) is 29.5 Å². The highest BCUT2D eigenvalue weighted by Gasteiger charge is 2.06. The molecule has 0 fully saturated rings. The van der Waals surface area contributed by atoms with Crippen LogP contribution in [0.1, 0.15) is 5.56 Å². The van der Waals surface area contributed by atoms with Gasteiger partial charge in [-0.15, -0.1) is 11.3 Å². The van der Waals surface area contributed by atoms with Crippen molar-refractivity contribution in [1.29, 1.82) is 0 Å². The van der Waals surface area contributed by atoms with E-state index in [0.29, 0.717) is 10.7 Å². The van der Waals surface area contributed by atoms with Gasteiger partial charge in [-0.2, -0.15) is 0 Å². The number of halogens is 1. The average molecular weight is 354 g/mol. The van der Waals surface area contributed by atoms with Gasteiger partial charge in [-0.25, -0.2) is 9.37 Å². The zero-order valence-electron chi connectivity index (χ0n) is 13.4. The van der Waals surface area contributed by atoms with Crippen LogP contribution in [-0.4, -0.2) is 18.0 Å². The van der Waals surface area contributed by atoms with Crippen LogP contribution in [0.25, 0.3) is 17.3 Å². The standard InChI is InChI=1S/C19H15FN2O2S/c1-24-16-8-6-14(7-9-16)17-12-25-19(21-17)22-18(23)10-5-13-3-2-4-15(20)11-13/h2-12H,1H3,(H,21,22,23)/b10-5+. The van der Waals surface area contributed by atoms with E-state index in [1.54, 1.807) is 25.3 Å². The maximum absolute atomic E-state index is 13.1. The molecule has 1 amide bonds. The van der Waals surface area contributed by atoms with Crippen LogP contribution < -0.4 is 10.1 Å². The van der Waals surface area contributed by atoms with E-state index in [4.69, 9.17) is 4.74 Å². The third-order valence-electron chi connectivity index (χ3n) is 3.40. The van der Waals surface area contributed by atoms with Gasteiger partial charge >= 0.3 is 0 Å². The summed E-state index contributed by atoms with van der Waals surface area (Å²) in [6.07, 6.45) is 2.90. The zero-order chi connectivity index (χ0) is 17.6. The molecular weight excluding hydrogens is 339 g/mol. The van der Waals surface area contributed by atoms with Crippen LogP contribution in [0.2, 0.25) is 0 Å². The summed E-state index contributed by atoms with van der Waals surface area (Å²) in [6.45, 7) is 0. The average Bonchev–Trinajstić information content (AvgIpc) is 3.08. The van der Waals surface area contributed by atoms with Crippen LogP contribution in [0.4, 0.5) is 9.52 Å². The number of methoxy groups -OCH3 is 1. The van der Waals surface area contributed by atoms with Crippen LogP contribution in [0.3, 0.4) is 0 Å². The van der Waals surface area contributed by atoms with Crippen LogP contribution in [0, 0.1) is 5.82 Å². The van der Waals surface area contributed by atoms with Gasteiger partial charge in [0.15, 0.2) is 5.13 Å². The number of hydrogen-bond acceptors (Lipinski definition) is 4. The van der Waals surface area contributed by atoms with Crippen molar-refractivity contribution in [3.05, 3.63) is 71.4 Å². The molecule has 1 heterocycles. The molecular formula is C19H15FN2O2S. The first-order valence-electron chi connectivity index (χ1n) is 7.48. The zero-order valence-corrected chi connectivity index (χ0v) is 14.2. The highest BCUT2D eigenvalue weighted by molar-refractivity contribution is 7.14. The highest BCUT2D eigenvalue weighted by Crippen LogP contribution is 2.26. The lowest BCUT2D eigenvalue weighted by atomic mass is 10.2. The van der Waals surface area contributed by atoms with Crippen molar-refractivity contribution < 1.29 is 13.9 Å². The van der Waals surface area contributed by atoms with Gasteiger partial charge in [-0.05, 0) is 48.0 Å². The molecule has 0 saturated heterocycles. The lowest BCUT2D eigenvalue weighted by Gasteiger charge is -2.00. The largest absolute Gasteiger partial charge is 0.497 e. The summed E-state index contributed by atoms with van der Waals surface area (Å²) in [7, 11) is 1.61. The van der Waals surface area contributed by atoms with Crippen LogP contribution in [0.15, 0.2) is 60.0 Å². The number of carbonyl (C=O) groups is 1. The van der Waals surface area contributed by atoms with Gasteiger partial charge in [0, 0.05) is 17.0 Å². The second-order valence-corrected chi connectivity index (χ2v) is 6.00. The summed E-state index contributed by atoms with van der Waals surface area (Å²) in [5.41, 5.74) is 2.33. The Labute approximate surface area is 148 Å². The van der Waals surface area contributed by atoms with Gasteiger partial charge in [0.1, 0.15) is 11.6 Å². The Kier molecular flexibility index (Phi) is 5.20. The van der Waals surface area contributed by atoms with Crippen molar-refractivity contribution in [2.24, 2.45) is 0 Å². The molecule has 4 nitrogen and oxygen atoms in total. The van der Waals surface area contributed by atoms with Crippen LogP contribution >= 0.6 is 11.3 Å². The van der Waals surface area contributed by atoms with E-state index < -0.39 is 0 Å². The SMILES string of the molecule is COc1ccc(-c2csc(NC(=O)/C=C/c3cccc(F)c3)n2)cc1. The predicted octanol–water partition coefficient (Wildman–Crippen LogP) is 4.61. The van der Waals surface area contributed by atoms with Crippen molar-refractivity contribution in [3.8, 4) is 17.0 Å². The second-order valence-electron chi connectivity index (χ2n) is 5.14. The van der Waals surface area contributed by atoms with Crippen LogP contribution in [-0.2, 0) is 4.79 Å². The number of benzene rings is 2. The van der Waals surface area contributed by atoms with E-state index in [1.807, 2.05) is 29.6 Å². The monoisotopic (exact) mass is 354 g/mol. The van der Waals surface area contributed by atoms with E-state index in [9.17, 15) is 9.18 Å². The Morgan fingerprint density at radius 3 is 2.76 bits per heavy atom. The number of anilines is 1. The molecule has 1 N–H and O–H groups in total. The molecule has 126 valence electrons. The van der Waals surface area contributed by atoms with Gasteiger partial charge in [0.25, 0.3) is 0 Å². The molecule has 0 atom stereocenters. The highest BCUT2D eigenvalue weighted by atomic mass is 32.1. The molecule has 0 radical (unpaired) electrons. The van der Waals surface area contributed by atoms with Crippen molar-refractivity contribution in [2.75, 3.05) is 12.4 Å². The molecule has 0 bridgehead atoms. The number of amides is 1. The molecule has 3 aromatic rings. The van der Waals surface area contributed by atoms with Crippen molar-refractivity contribution in [1.82, 2.24) is 4.98 Å². The quantitative estimate of drug-likeness (QED) is 0.681. The van der Waals surface area contributed by atoms with Gasteiger partial charge in [0.05, 0.1) is 12.8 Å². The van der Waals surface area contributed by atoms with Crippen molar-refractivity contribution >= 4 is 28.5 Å². The Hall–Kier alpha value is -2.99. The molecule has 0 spiro atoms. The van der Waals surface area contributed by atoms with E-state index in [-0.39, 0.29) is 11.7 Å². The normalized spacial score (nSPS) is 10.8.